The van der Waals surface area contributed by atoms with Crippen molar-refractivity contribution in [3.05, 3.63) is 28.0 Å². The lowest BCUT2D eigenvalue weighted by molar-refractivity contribution is 1.08. The van der Waals surface area contributed by atoms with Crippen molar-refractivity contribution in [2.24, 2.45) is 0 Å². The molecule has 0 radical (unpaired) electrons. The van der Waals surface area contributed by atoms with Crippen LogP contribution in [0, 0.1) is 22.7 Å². The monoisotopic (exact) mass is 203 g/mol. The molecule has 14 heavy (non-hydrogen) atoms. The van der Waals surface area contributed by atoms with E-state index in [0.29, 0.717) is 17.0 Å². The fraction of sp³-hybridized carbons (Fsp3) is 0.300. The predicted octanol–water partition coefficient (Wildman–Crippen LogP) is 2.36. The summed E-state index contributed by atoms with van der Waals surface area (Å²) in [5.74, 6) is 0.333. The first-order valence-corrected chi connectivity index (χ1v) is 4.64. The number of halogens is 1. The standard InChI is InChI=1S/C10H6ClN3/c11-10-8(4-13)9(6-1-2-6)7(3-12)5-14-10/h5-6H,1-2H2. The van der Waals surface area contributed by atoms with Crippen LogP contribution in [0.2, 0.25) is 5.15 Å². The molecular formula is C10H6ClN3. The van der Waals surface area contributed by atoms with Crippen molar-refractivity contribution in [2.45, 2.75) is 18.8 Å². The van der Waals surface area contributed by atoms with Gasteiger partial charge in [0.2, 0.25) is 0 Å². The largest absolute Gasteiger partial charge is 0.242 e. The minimum absolute atomic E-state index is 0.202. The van der Waals surface area contributed by atoms with Crippen molar-refractivity contribution < 1.29 is 0 Å². The molecule has 0 amide bonds. The van der Waals surface area contributed by atoms with Crippen molar-refractivity contribution >= 4 is 11.6 Å². The Labute approximate surface area is 86.6 Å². The van der Waals surface area contributed by atoms with E-state index in [1.165, 1.54) is 6.20 Å². The van der Waals surface area contributed by atoms with Crippen LogP contribution >= 0.6 is 11.6 Å². The minimum atomic E-state index is 0.202. The maximum absolute atomic E-state index is 8.91. The van der Waals surface area contributed by atoms with Crippen molar-refractivity contribution in [3.8, 4) is 12.1 Å². The van der Waals surface area contributed by atoms with Gasteiger partial charge in [-0.1, -0.05) is 11.6 Å². The third kappa shape index (κ3) is 1.32. The summed E-state index contributed by atoms with van der Waals surface area (Å²) in [6.07, 6.45) is 3.50. The molecule has 1 aliphatic carbocycles. The summed E-state index contributed by atoms with van der Waals surface area (Å²) in [4.78, 5) is 3.81. The Morgan fingerprint density at radius 1 is 1.36 bits per heavy atom. The quantitative estimate of drug-likeness (QED) is 0.659. The lowest BCUT2D eigenvalue weighted by Crippen LogP contribution is -1.96. The molecule has 0 aliphatic heterocycles. The molecule has 0 bridgehead atoms. The van der Waals surface area contributed by atoms with E-state index in [0.717, 1.165) is 18.4 Å². The summed E-state index contributed by atoms with van der Waals surface area (Å²) < 4.78 is 0. The zero-order valence-corrected chi connectivity index (χ0v) is 8.04. The van der Waals surface area contributed by atoms with Gasteiger partial charge in [0.1, 0.15) is 17.3 Å². The molecule has 68 valence electrons. The summed E-state index contributed by atoms with van der Waals surface area (Å²) >= 11 is 5.79. The Morgan fingerprint density at radius 3 is 2.57 bits per heavy atom. The molecule has 0 spiro atoms. The summed E-state index contributed by atoms with van der Waals surface area (Å²) in [7, 11) is 0. The number of aromatic nitrogens is 1. The molecule has 1 aromatic heterocycles. The van der Waals surface area contributed by atoms with Gasteiger partial charge in [0.15, 0.2) is 0 Å². The van der Waals surface area contributed by atoms with Crippen LogP contribution in [0.15, 0.2) is 6.20 Å². The molecule has 1 fully saturated rings. The maximum atomic E-state index is 8.91. The molecule has 3 nitrogen and oxygen atoms in total. The Bertz CT molecular complexity index is 463. The average Bonchev–Trinajstić information content (AvgIpc) is 3.00. The normalized spacial score (nSPS) is 14.5. The topological polar surface area (TPSA) is 60.5 Å². The smallest absolute Gasteiger partial charge is 0.147 e. The first-order chi connectivity index (χ1) is 6.77. The second kappa shape index (κ2) is 3.29. The van der Waals surface area contributed by atoms with Crippen LogP contribution in [-0.4, -0.2) is 4.98 Å². The highest BCUT2D eigenvalue weighted by atomic mass is 35.5. The maximum Gasteiger partial charge on any atom is 0.147 e. The second-order valence-corrected chi connectivity index (χ2v) is 3.61. The second-order valence-electron chi connectivity index (χ2n) is 3.25. The highest BCUT2D eigenvalue weighted by molar-refractivity contribution is 6.30. The van der Waals surface area contributed by atoms with Crippen molar-refractivity contribution in [2.75, 3.05) is 0 Å². The molecule has 0 N–H and O–H groups in total. The first kappa shape index (κ1) is 8.99. The van der Waals surface area contributed by atoms with Gasteiger partial charge in [-0.25, -0.2) is 4.98 Å². The van der Waals surface area contributed by atoms with Gasteiger partial charge in [0.25, 0.3) is 0 Å². The fourth-order valence-corrected chi connectivity index (χ4v) is 1.69. The van der Waals surface area contributed by atoms with Gasteiger partial charge in [0.05, 0.1) is 11.1 Å². The minimum Gasteiger partial charge on any atom is -0.242 e. The predicted molar refractivity (Wildman–Crippen MR) is 50.7 cm³/mol. The molecule has 2 rings (SSSR count). The molecule has 1 heterocycles. The van der Waals surface area contributed by atoms with Gasteiger partial charge >= 0.3 is 0 Å². The molecule has 1 aliphatic rings. The average molecular weight is 204 g/mol. The summed E-state index contributed by atoms with van der Waals surface area (Å²) in [5, 5.41) is 18.0. The molecule has 1 saturated carbocycles. The van der Waals surface area contributed by atoms with E-state index in [1.54, 1.807) is 0 Å². The van der Waals surface area contributed by atoms with Gasteiger partial charge in [-0.15, -0.1) is 0 Å². The van der Waals surface area contributed by atoms with Crippen LogP contribution in [0.25, 0.3) is 0 Å². The number of rotatable bonds is 1. The molecular weight excluding hydrogens is 198 g/mol. The van der Waals surface area contributed by atoms with E-state index in [2.05, 4.69) is 4.98 Å². The third-order valence-corrected chi connectivity index (χ3v) is 2.58. The summed E-state index contributed by atoms with van der Waals surface area (Å²) in [6, 6.07) is 4.06. The van der Waals surface area contributed by atoms with E-state index >= 15 is 0 Å². The lowest BCUT2D eigenvalue weighted by atomic mass is 10.0. The molecule has 0 saturated heterocycles. The van der Waals surface area contributed by atoms with Crippen LogP contribution in [0.1, 0.15) is 35.4 Å². The van der Waals surface area contributed by atoms with E-state index < -0.39 is 0 Å². The lowest BCUT2D eigenvalue weighted by Gasteiger charge is -2.04. The van der Waals surface area contributed by atoms with Crippen LogP contribution < -0.4 is 0 Å². The molecule has 0 atom stereocenters. The highest BCUT2D eigenvalue weighted by Gasteiger charge is 2.30. The van der Waals surface area contributed by atoms with Crippen LogP contribution in [0.3, 0.4) is 0 Å². The van der Waals surface area contributed by atoms with Crippen molar-refractivity contribution in [1.82, 2.24) is 4.98 Å². The number of pyridine rings is 1. The zero-order valence-electron chi connectivity index (χ0n) is 7.29. The molecule has 4 heteroatoms. The third-order valence-electron chi connectivity index (χ3n) is 2.29. The molecule has 0 aromatic carbocycles. The fourth-order valence-electron chi connectivity index (χ4n) is 1.49. The zero-order chi connectivity index (χ0) is 10.1. The van der Waals surface area contributed by atoms with Gasteiger partial charge < -0.3 is 0 Å². The van der Waals surface area contributed by atoms with Crippen molar-refractivity contribution in [3.63, 3.8) is 0 Å². The van der Waals surface area contributed by atoms with Crippen LogP contribution in [0.4, 0.5) is 0 Å². The van der Waals surface area contributed by atoms with Gasteiger partial charge in [0, 0.05) is 6.20 Å². The highest BCUT2D eigenvalue weighted by Crippen LogP contribution is 2.44. The van der Waals surface area contributed by atoms with Gasteiger partial charge in [-0.3, -0.25) is 0 Å². The number of hydrogen-bond acceptors (Lipinski definition) is 3. The Balaban J connectivity index is 2.67. The van der Waals surface area contributed by atoms with E-state index in [1.807, 2.05) is 12.1 Å². The SMILES string of the molecule is N#Cc1cnc(Cl)c(C#N)c1C1CC1. The van der Waals surface area contributed by atoms with E-state index in [4.69, 9.17) is 22.1 Å². The Morgan fingerprint density at radius 2 is 2.07 bits per heavy atom. The number of nitriles is 2. The summed E-state index contributed by atoms with van der Waals surface area (Å²) in [6.45, 7) is 0. The van der Waals surface area contributed by atoms with Gasteiger partial charge in [-0.2, -0.15) is 10.5 Å². The first-order valence-electron chi connectivity index (χ1n) is 4.26. The van der Waals surface area contributed by atoms with Crippen LogP contribution in [-0.2, 0) is 0 Å². The molecule has 1 aromatic rings. The van der Waals surface area contributed by atoms with Gasteiger partial charge in [-0.05, 0) is 24.3 Å². The van der Waals surface area contributed by atoms with Crippen molar-refractivity contribution in [1.29, 1.82) is 10.5 Å². The van der Waals surface area contributed by atoms with Crippen LogP contribution in [0.5, 0.6) is 0 Å². The Hall–Kier alpha value is -1.58. The Kier molecular flexibility index (Phi) is 2.11. The summed E-state index contributed by atoms with van der Waals surface area (Å²) in [5.41, 5.74) is 1.64. The van der Waals surface area contributed by atoms with E-state index in [9.17, 15) is 0 Å². The van der Waals surface area contributed by atoms with E-state index in [-0.39, 0.29) is 5.15 Å². The number of nitrogens with zero attached hydrogens (tertiary/aromatic N) is 3. The molecule has 0 unspecified atom stereocenters. The number of hydrogen-bond donors (Lipinski definition) is 0.